The van der Waals surface area contributed by atoms with Gasteiger partial charge in [-0.2, -0.15) is 0 Å². The van der Waals surface area contributed by atoms with Gasteiger partial charge in [-0.15, -0.1) is 0 Å². The van der Waals surface area contributed by atoms with Crippen molar-refractivity contribution in [2.75, 3.05) is 20.3 Å². The van der Waals surface area contributed by atoms with Gasteiger partial charge in [0.1, 0.15) is 18.4 Å². The van der Waals surface area contributed by atoms with E-state index >= 15 is 0 Å². The lowest BCUT2D eigenvalue weighted by molar-refractivity contribution is -0.285. The van der Waals surface area contributed by atoms with Crippen molar-refractivity contribution in [3.63, 3.8) is 0 Å². The largest absolute Gasteiger partial charge is 0.502 e. The Morgan fingerprint density at radius 1 is 1.12 bits per heavy atom. The van der Waals surface area contributed by atoms with Crippen LogP contribution in [-0.4, -0.2) is 95.5 Å². The second-order valence-electron chi connectivity index (χ2n) is 15.4. The maximum Gasteiger partial charge on any atom is 0.376 e. The summed E-state index contributed by atoms with van der Waals surface area (Å²) in [7, 11) is 1.65. The molecule has 0 amide bonds. The van der Waals surface area contributed by atoms with Gasteiger partial charge in [0.25, 0.3) is 0 Å². The highest BCUT2D eigenvalue weighted by Crippen LogP contribution is 2.70. The first-order chi connectivity index (χ1) is 23.7. The van der Waals surface area contributed by atoms with Gasteiger partial charge in [-0.25, -0.2) is 9.59 Å². The summed E-state index contributed by atoms with van der Waals surface area (Å²) in [6.45, 7) is 9.13. The topological polar surface area (TPSA) is 183 Å². The van der Waals surface area contributed by atoms with Crippen LogP contribution in [0.4, 0.5) is 0 Å². The van der Waals surface area contributed by atoms with Crippen LogP contribution in [0.3, 0.4) is 0 Å². The monoisotopic (exact) mass is 701 g/mol. The van der Waals surface area contributed by atoms with Gasteiger partial charge in [0, 0.05) is 44.4 Å². The Kier molecular flexibility index (Phi) is 10.0. The fourth-order valence-electron chi connectivity index (χ4n) is 10.5. The highest BCUT2D eigenvalue weighted by molar-refractivity contribution is 5.89. The average molecular weight is 702 g/mol. The molecule has 3 heterocycles. The summed E-state index contributed by atoms with van der Waals surface area (Å²) in [6, 6.07) is 3.32. The summed E-state index contributed by atoms with van der Waals surface area (Å²) in [5.74, 6) is -3.84. The van der Waals surface area contributed by atoms with Crippen molar-refractivity contribution < 1.29 is 58.1 Å². The third-order valence-electron chi connectivity index (χ3n) is 12.8. The smallest absolute Gasteiger partial charge is 0.376 e. The summed E-state index contributed by atoms with van der Waals surface area (Å²) in [4.78, 5) is 41.3. The van der Waals surface area contributed by atoms with Crippen molar-refractivity contribution >= 4 is 17.9 Å². The minimum atomic E-state index is -1.59. The molecule has 3 aliphatic carbocycles. The Bertz CT molecular complexity index is 1520. The van der Waals surface area contributed by atoms with Gasteiger partial charge in [-0.3, -0.25) is 4.79 Å². The van der Waals surface area contributed by atoms with Crippen LogP contribution in [0.5, 0.6) is 0 Å². The summed E-state index contributed by atoms with van der Waals surface area (Å²) in [5, 5.41) is 33.9. The molecular formula is C37H51NO12. The van der Waals surface area contributed by atoms with Crippen LogP contribution in [-0.2, 0) is 38.0 Å². The van der Waals surface area contributed by atoms with Crippen molar-refractivity contribution in [2.24, 2.45) is 34.0 Å². The number of nitrogens with one attached hydrogen (secondary N) is 1. The first-order valence-electron chi connectivity index (χ1n) is 17.6. The number of rotatable bonds is 9. The van der Waals surface area contributed by atoms with Crippen molar-refractivity contribution in [3.05, 3.63) is 47.0 Å². The van der Waals surface area contributed by atoms with E-state index in [1.165, 1.54) is 6.92 Å². The van der Waals surface area contributed by atoms with E-state index in [0.29, 0.717) is 25.7 Å². The van der Waals surface area contributed by atoms with E-state index in [2.05, 4.69) is 11.9 Å². The minimum Gasteiger partial charge on any atom is -0.502 e. The molecule has 12 atom stereocenters. The van der Waals surface area contributed by atoms with Crippen LogP contribution in [0.2, 0.25) is 0 Å². The Hall–Kier alpha value is -3.23. The van der Waals surface area contributed by atoms with E-state index in [9.17, 15) is 29.7 Å². The van der Waals surface area contributed by atoms with Gasteiger partial charge < -0.3 is 48.7 Å². The van der Waals surface area contributed by atoms with Crippen molar-refractivity contribution in [1.29, 1.82) is 0 Å². The molecule has 0 bridgehead atoms. The molecule has 0 spiro atoms. The zero-order chi connectivity index (χ0) is 36.2. The van der Waals surface area contributed by atoms with Crippen LogP contribution in [0.1, 0.15) is 83.6 Å². The number of aromatic amines is 1. The van der Waals surface area contributed by atoms with Crippen molar-refractivity contribution in [2.45, 2.75) is 110 Å². The Balaban J connectivity index is 1.42. The van der Waals surface area contributed by atoms with Crippen molar-refractivity contribution in [3.8, 4) is 0 Å². The normalized spacial score (nSPS) is 41.5. The number of hydrogen-bond acceptors (Lipinski definition) is 12. The molecule has 1 aromatic heterocycles. The van der Waals surface area contributed by atoms with E-state index in [4.69, 9.17) is 28.4 Å². The molecule has 0 aromatic carbocycles. The molecule has 1 aromatic rings. The third kappa shape index (κ3) is 5.98. The maximum absolute atomic E-state index is 13.3. The number of allylic oxidation sites excluding steroid dienone is 2. The molecule has 13 nitrogen and oxygen atoms in total. The first kappa shape index (κ1) is 36.6. The number of aliphatic hydroxyl groups is 3. The molecule has 2 aliphatic heterocycles. The molecule has 13 heteroatoms. The van der Waals surface area contributed by atoms with E-state index in [0.717, 1.165) is 12.0 Å². The number of methoxy groups -OCH3 is 1. The molecule has 1 unspecified atom stereocenters. The summed E-state index contributed by atoms with van der Waals surface area (Å²) in [6.07, 6.45) is 2.32. The fourth-order valence-corrected chi connectivity index (χ4v) is 10.5. The van der Waals surface area contributed by atoms with E-state index in [1.807, 2.05) is 26.8 Å². The van der Waals surface area contributed by atoms with Gasteiger partial charge in [0.05, 0.1) is 35.9 Å². The second kappa shape index (κ2) is 13.7. The van der Waals surface area contributed by atoms with Gasteiger partial charge in [0.2, 0.25) is 12.0 Å². The zero-order valence-electron chi connectivity index (χ0n) is 29.7. The van der Waals surface area contributed by atoms with E-state index < -0.39 is 76.5 Å². The van der Waals surface area contributed by atoms with Gasteiger partial charge in [-0.1, -0.05) is 25.5 Å². The van der Waals surface area contributed by atoms with E-state index in [-0.39, 0.29) is 49.0 Å². The number of carbonyl (C=O) groups is 3. The number of esters is 3. The number of aromatic nitrogens is 1. The number of carbonyl (C=O) groups excluding carboxylic acids is 3. The lowest BCUT2D eigenvalue weighted by Gasteiger charge is -2.68. The molecule has 1 saturated heterocycles. The highest BCUT2D eigenvalue weighted by atomic mass is 16.7. The number of ether oxygens (including phenoxy) is 6. The van der Waals surface area contributed by atoms with Crippen LogP contribution >= 0.6 is 0 Å². The number of H-pyrrole nitrogens is 1. The van der Waals surface area contributed by atoms with Gasteiger partial charge >= 0.3 is 17.9 Å². The Morgan fingerprint density at radius 2 is 1.88 bits per heavy atom. The van der Waals surface area contributed by atoms with Crippen molar-refractivity contribution in [1.82, 2.24) is 4.98 Å². The van der Waals surface area contributed by atoms with E-state index in [1.54, 1.807) is 25.4 Å². The molecule has 5 aliphatic rings. The molecule has 276 valence electrons. The van der Waals surface area contributed by atoms with Crippen LogP contribution in [0, 0.1) is 34.0 Å². The zero-order valence-corrected chi connectivity index (χ0v) is 29.7. The fraction of sp³-hybridized carbons (Fsp3) is 0.703. The molecular weight excluding hydrogens is 650 g/mol. The predicted molar refractivity (Wildman–Crippen MR) is 176 cm³/mol. The minimum absolute atomic E-state index is 0.0136. The molecule has 6 rings (SSSR count). The summed E-state index contributed by atoms with van der Waals surface area (Å²) in [5.41, 5.74) is -1.32. The number of fused-ring (bicyclic) bond motifs is 3. The lowest BCUT2D eigenvalue weighted by atomic mass is 9.38. The first-order valence-corrected chi connectivity index (χ1v) is 17.6. The number of hydrogen-bond donors (Lipinski definition) is 4. The van der Waals surface area contributed by atoms with Crippen LogP contribution in [0.15, 0.2) is 41.3 Å². The summed E-state index contributed by atoms with van der Waals surface area (Å²) < 4.78 is 35.5. The van der Waals surface area contributed by atoms with Gasteiger partial charge in [-0.05, 0) is 68.9 Å². The molecule has 0 radical (unpaired) electrons. The SMILES string of the molecule is CO[C@@H]1CC[C@H](OC[C@@]2(COC(=O)c3ccc[nH]3)[C@H]3CC[C@@]4(C)[C@H](C5=C(O)C(=O)OC5O)C(C)=CC[C@H]4[C@]3(C)[C@@H](O)C[C@H]2OC(C)=O)O[C@H]1C. The number of aliphatic hydroxyl groups excluding tert-OH is 3. The Morgan fingerprint density at radius 3 is 2.50 bits per heavy atom. The second-order valence-corrected chi connectivity index (χ2v) is 15.4. The number of cyclic esters (lactones) is 1. The lowest BCUT2D eigenvalue weighted by Crippen LogP contribution is -2.69. The molecule has 3 fully saturated rings. The predicted octanol–water partition coefficient (Wildman–Crippen LogP) is 4.10. The quantitative estimate of drug-likeness (QED) is 0.165. The standard InChI is InChI=1S/C37H51NO12/c1-19-9-11-24-35(4,30(19)29-31(41)34(44)50-33(29)43)14-13-25-36(24,5)26(40)16-27(49-21(3)39)37(25,18-47-32(42)22-8-7-15-38-22)17-46-28-12-10-23(45-6)20(2)48-28/h7-9,15,20,23-28,30,33,38,40-41,43H,10-14,16-18H2,1-6H3/t20-,23+,24+,25-,26-,27+,28+,30-,33?,35+,36-,37+/m0/s1. The summed E-state index contributed by atoms with van der Waals surface area (Å²) >= 11 is 0. The van der Waals surface area contributed by atoms with Crippen LogP contribution < -0.4 is 0 Å². The highest BCUT2D eigenvalue weighted by Gasteiger charge is 2.70. The maximum atomic E-state index is 13.3. The van der Waals surface area contributed by atoms with Gasteiger partial charge in [0.15, 0.2) is 6.29 Å². The molecule has 50 heavy (non-hydrogen) atoms. The third-order valence-corrected chi connectivity index (χ3v) is 12.8. The Labute approximate surface area is 292 Å². The molecule has 2 saturated carbocycles. The average Bonchev–Trinajstić information content (AvgIpc) is 3.69. The molecule has 4 N–H and O–H groups in total. The van der Waals surface area contributed by atoms with Crippen LogP contribution in [0.25, 0.3) is 0 Å².